The van der Waals surface area contributed by atoms with Gasteiger partial charge in [0, 0.05) is 13.8 Å². The predicted molar refractivity (Wildman–Crippen MR) is 353 cm³/mol. The molecule has 0 aromatic carbocycles. The molecule has 53 nitrogen and oxygen atoms in total. The average Bonchev–Trinajstić information content (AvgIpc) is 0.779. The zero-order chi connectivity index (χ0) is 85.9. The maximum atomic E-state index is 13.0. The fourth-order valence-corrected chi connectivity index (χ4v) is 15.0. The van der Waals surface area contributed by atoms with Crippen LogP contribution in [0.1, 0.15) is 13.8 Å². The van der Waals surface area contributed by atoms with Gasteiger partial charge in [0.15, 0.2) is 62.9 Å². The number of aliphatic hydroxyl groups excluding tert-OH is 30. The van der Waals surface area contributed by atoms with E-state index in [9.17, 15) is 163 Å². The Kier molecular flexibility index (Phi) is 34.4. The van der Waals surface area contributed by atoms with E-state index in [0.29, 0.717) is 0 Å². The quantitative estimate of drug-likeness (QED) is 0.0318. The summed E-state index contributed by atoms with van der Waals surface area (Å²) < 4.78 is 111. The van der Waals surface area contributed by atoms with Crippen LogP contribution >= 0.6 is 0 Å². The summed E-state index contributed by atoms with van der Waals surface area (Å²) in [4.78, 5) is 25.2. The van der Waals surface area contributed by atoms with Gasteiger partial charge in [-0.25, -0.2) is 0 Å². The molecule has 10 heterocycles. The van der Waals surface area contributed by atoms with Crippen molar-refractivity contribution in [3.05, 3.63) is 0 Å². The first-order valence-electron chi connectivity index (χ1n) is 37.2. The Bertz CT molecular complexity index is 3050. The molecule has 0 aromatic heterocycles. The Labute approximate surface area is 660 Å². The minimum Gasteiger partial charge on any atom is -0.394 e. The molecule has 0 aromatic rings. The van der Waals surface area contributed by atoms with Gasteiger partial charge in [0.2, 0.25) is 11.8 Å². The Morgan fingerprint density at radius 3 is 0.838 bits per heavy atom. The largest absolute Gasteiger partial charge is 0.394 e. The van der Waals surface area contributed by atoms with Gasteiger partial charge in [-0.2, -0.15) is 0 Å². The fourth-order valence-electron chi connectivity index (χ4n) is 15.0. The van der Waals surface area contributed by atoms with E-state index in [2.05, 4.69) is 10.6 Å². The molecule has 50 atom stereocenters. The predicted octanol–water partition coefficient (Wildman–Crippen LogP) is -22.5. The van der Waals surface area contributed by atoms with Crippen molar-refractivity contribution in [3.8, 4) is 0 Å². The van der Waals surface area contributed by atoms with Crippen LogP contribution in [0.3, 0.4) is 0 Å². The minimum absolute atomic E-state index is 0.802. The topological polar surface area (TPSA) is 840 Å². The molecule has 10 fully saturated rings. The highest BCUT2D eigenvalue weighted by Gasteiger charge is 2.61. The van der Waals surface area contributed by atoms with E-state index in [-0.39, 0.29) is 0 Å². The molecular weight excluding hydrogens is 1610 g/mol. The third-order valence-electron chi connectivity index (χ3n) is 21.7. The number of hydrogen-bond donors (Lipinski definition) is 32. The molecule has 10 rings (SSSR count). The Morgan fingerprint density at radius 1 is 0.222 bits per heavy atom. The Morgan fingerprint density at radius 2 is 0.470 bits per heavy atom. The van der Waals surface area contributed by atoms with E-state index in [4.69, 9.17) is 90.0 Å². The van der Waals surface area contributed by atoms with E-state index in [1.807, 2.05) is 0 Å². The molecule has 0 spiro atoms. The van der Waals surface area contributed by atoms with Crippen molar-refractivity contribution in [1.82, 2.24) is 10.6 Å². The molecule has 0 radical (unpaired) electrons. The molecule has 32 N–H and O–H groups in total. The van der Waals surface area contributed by atoms with Gasteiger partial charge < -0.3 is 254 Å². The molecule has 53 heteroatoms. The van der Waals surface area contributed by atoms with Gasteiger partial charge in [-0.05, 0) is 0 Å². The summed E-state index contributed by atoms with van der Waals surface area (Å²) >= 11 is 0. The lowest BCUT2D eigenvalue weighted by Crippen LogP contribution is -2.70. The highest BCUT2D eigenvalue weighted by molar-refractivity contribution is 5.73. The molecular formula is C64H108N2O51. The lowest BCUT2D eigenvalue weighted by molar-refractivity contribution is -0.401. The summed E-state index contributed by atoms with van der Waals surface area (Å²) in [5.74, 6) is -1.77. The summed E-state index contributed by atoms with van der Waals surface area (Å²) in [6, 6.07) is -3.62. The summed E-state index contributed by atoms with van der Waals surface area (Å²) in [6.45, 7) is -9.35. The molecule has 10 aliphatic heterocycles. The number of hydrogen-bond acceptors (Lipinski definition) is 51. The molecule has 0 aliphatic carbocycles. The third-order valence-corrected chi connectivity index (χ3v) is 21.7. The lowest BCUT2D eigenvalue weighted by atomic mass is 9.94. The summed E-state index contributed by atoms with van der Waals surface area (Å²) in [5, 5.41) is 337. The van der Waals surface area contributed by atoms with Crippen molar-refractivity contribution in [2.75, 3.05) is 66.1 Å². The molecule has 0 bridgehead atoms. The second-order valence-electron chi connectivity index (χ2n) is 29.5. The molecule has 2 amide bonds. The molecule has 10 aliphatic rings. The molecule has 1 unspecified atom stereocenters. The van der Waals surface area contributed by atoms with E-state index < -0.39 is 385 Å². The Balaban J connectivity index is 1.01. The first-order chi connectivity index (χ1) is 55.4. The second kappa shape index (κ2) is 41.9. The molecule has 10 saturated heterocycles. The van der Waals surface area contributed by atoms with Gasteiger partial charge in [0.05, 0.1) is 66.1 Å². The minimum atomic E-state index is -2.60. The van der Waals surface area contributed by atoms with Crippen molar-refractivity contribution < 1.29 is 253 Å². The fraction of sp³-hybridized carbons (Fsp3) is 0.969. The summed E-state index contributed by atoms with van der Waals surface area (Å²) in [6.07, 6.45) is -104. The van der Waals surface area contributed by atoms with Crippen LogP contribution in [0, 0.1) is 0 Å². The highest BCUT2D eigenvalue weighted by Crippen LogP contribution is 2.40. The van der Waals surface area contributed by atoms with Crippen LogP contribution in [-0.2, 0) is 99.6 Å². The maximum Gasteiger partial charge on any atom is 0.217 e. The zero-order valence-electron chi connectivity index (χ0n) is 61.9. The van der Waals surface area contributed by atoms with E-state index in [1.54, 1.807) is 0 Å². The number of carbonyl (C=O) groups is 2. The first kappa shape index (κ1) is 96.2. The van der Waals surface area contributed by atoms with Crippen molar-refractivity contribution in [3.63, 3.8) is 0 Å². The number of carbonyl (C=O) groups excluding carboxylic acids is 2. The number of nitrogens with one attached hydrogen (secondary N) is 2. The number of amides is 2. The van der Waals surface area contributed by atoms with Crippen molar-refractivity contribution >= 4 is 11.8 Å². The lowest BCUT2D eigenvalue weighted by Gasteiger charge is -2.51. The third kappa shape index (κ3) is 20.7. The molecule has 117 heavy (non-hydrogen) atoms. The van der Waals surface area contributed by atoms with Crippen LogP contribution in [0.25, 0.3) is 0 Å². The number of ether oxygens (including phenoxy) is 19. The van der Waals surface area contributed by atoms with Crippen LogP contribution in [0.5, 0.6) is 0 Å². The van der Waals surface area contributed by atoms with Crippen LogP contribution in [0.2, 0.25) is 0 Å². The van der Waals surface area contributed by atoms with Gasteiger partial charge in [0.1, 0.15) is 244 Å². The van der Waals surface area contributed by atoms with Crippen molar-refractivity contribution in [2.45, 2.75) is 321 Å². The van der Waals surface area contributed by atoms with Crippen LogP contribution < -0.4 is 10.6 Å². The molecule has 0 saturated carbocycles. The van der Waals surface area contributed by atoms with Gasteiger partial charge >= 0.3 is 0 Å². The van der Waals surface area contributed by atoms with E-state index in [1.165, 1.54) is 0 Å². The smallest absolute Gasteiger partial charge is 0.217 e. The normalized spacial score (nSPS) is 51.5. The number of aliphatic hydroxyl groups is 30. The van der Waals surface area contributed by atoms with E-state index >= 15 is 0 Å². The van der Waals surface area contributed by atoms with Crippen LogP contribution in [0.15, 0.2) is 0 Å². The van der Waals surface area contributed by atoms with Gasteiger partial charge in [0.25, 0.3) is 0 Å². The van der Waals surface area contributed by atoms with Gasteiger partial charge in [-0.3, -0.25) is 9.59 Å². The van der Waals surface area contributed by atoms with Gasteiger partial charge in [-0.1, -0.05) is 0 Å². The second-order valence-corrected chi connectivity index (χ2v) is 29.5. The summed E-state index contributed by atoms with van der Waals surface area (Å²) in [5.41, 5.74) is 0. The van der Waals surface area contributed by atoms with Crippen molar-refractivity contribution in [2.24, 2.45) is 0 Å². The SMILES string of the molecule is CC(=O)N[C@H]1[C@H](O[C@H]2[C@H](O)[C@@H](NC(C)=O)C(O)O[C@@H]2CO)O[C@H](CO)[C@@H](O[C@@H]2O[C@H](CO[C@H]3O[C@H](CO[C@H]4O[C@H](CO)[C@@H](O)[C@H](O)[C@@H]4O[C@H]4O[C@H](CO)[C@@H](O)[C@H](O)[C@@H]4O)[C@@H](O)[C@H](O[C@H]4O[C@H](CO)[C@@H](O)[C@H](O)[C@@H]4O[C@H]4O[C@H](CO)[C@@H](O)[C@H](O)[C@@H]4O)[C@@H]3O)[C@@H](O)[C@H](O[C@H]3O[C@H](CO)[C@@H](O)[C@H](O)[C@@H]3O[C@H]3O[C@H](CO)[C@@H](O)[C@H](O)[C@@H]3O)[C@@H]2O)[C@@H]1O. The highest BCUT2D eigenvalue weighted by atomic mass is 16.8. The maximum absolute atomic E-state index is 13.0. The van der Waals surface area contributed by atoms with E-state index in [0.717, 1.165) is 13.8 Å². The Hall–Kier alpha value is -3.02. The number of rotatable bonds is 30. The standard InChI is InChI=1S/C64H108N2O51/c1-13(75)65-25-35(85)48(21(9-73)101-55(25)98)111-56-26(66-14(2)76)36(86)49(22(10-74)108-56)112-61-47(97)51(114-64-54(42(92)32(82)20(8-72)107-64)117-60-45(95)39(89)29(79)17(5-69)104-60)34(84)24(110-61)11-99-57-46(96)50(113-63-53(41(91)31(81)19(7-71)106-63)116-59-44(94)38(88)28(78)16(4-68)103-59)33(83)23(109-57)12-100-62-52(40(90)30(80)18(6-70)105-62)115-58-43(93)37(87)27(77)15(3-67)102-58/h15-64,67-74,77-98H,3-12H2,1-2H3,(H,65,75)(H,66,76)/t15-,16-,17-,18-,19-,20-,21-,22-,23-,24-,25-,26-,27-,28-,29-,30-,31-,32-,33-,34-,35-,36-,37+,38+,39+,40+,41+,42+,43+,44+,45+,46+,47+,48-,49-,50+,51+,52+,53+,54+,55?,56+,57+,58-,59-,60-,61+,62+,63-,64-/m1/s1. The van der Waals surface area contributed by atoms with Crippen molar-refractivity contribution in [1.29, 1.82) is 0 Å². The first-order valence-corrected chi connectivity index (χ1v) is 37.2. The monoisotopic (exact) mass is 1720 g/mol. The van der Waals surface area contributed by atoms with Crippen LogP contribution in [0.4, 0.5) is 0 Å². The van der Waals surface area contributed by atoms with Gasteiger partial charge in [-0.15, -0.1) is 0 Å². The molecule has 680 valence electrons. The summed E-state index contributed by atoms with van der Waals surface area (Å²) in [7, 11) is 0. The average molecular weight is 1720 g/mol. The zero-order valence-corrected chi connectivity index (χ0v) is 61.9. The van der Waals surface area contributed by atoms with Crippen LogP contribution in [-0.4, -0.2) is 538 Å².